The van der Waals surface area contributed by atoms with Crippen molar-refractivity contribution in [1.29, 1.82) is 5.26 Å². The molecule has 6 aliphatic rings. The number of nitriles is 1. The van der Waals surface area contributed by atoms with Gasteiger partial charge in [-0.1, -0.05) is 49.4 Å². The first-order chi connectivity index (χ1) is 19.1. The third-order valence-corrected chi connectivity index (χ3v) is 10.5. The van der Waals surface area contributed by atoms with Gasteiger partial charge in [0, 0.05) is 24.1 Å². The third kappa shape index (κ3) is 3.82. The van der Waals surface area contributed by atoms with Gasteiger partial charge in [0.05, 0.1) is 34.5 Å². The van der Waals surface area contributed by atoms with Gasteiger partial charge in [0.25, 0.3) is 0 Å². The van der Waals surface area contributed by atoms with Crippen LogP contribution in [0.3, 0.4) is 0 Å². The van der Waals surface area contributed by atoms with Crippen LogP contribution in [0.25, 0.3) is 11.1 Å². The molecule has 1 aromatic carbocycles. The minimum atomic E-state index is -0.437. The topological polar surface area (TPSA) is 63.8 Å². The lowest BCUT2D eigenvalue weighted by molar-refractivity contribution is -0.00963. The van der Waals surface area contributed by atoms with Crippen molar-refractivity contribution in [3.63, 3.8) is 0 Å². The van der Waals surface area contributed by atoms with Gasteiger partial charge in [-0.3, -0.25) is 4.99 Å². The van der Waals surface area contributed by atoms with Gasteiger partial charge < -0.3 is 14.0 Å². The van der Waals surface area contributed by atoms with Crippen LogP contribution in [-0.2, 0) is 14.0 Å². The van der Waals surface area contributed by atoms with E-state index in [1.54, 1.807) is 0 Å². The highest BCUT2D eigenvalue weighted by Crippen LogP contribution is 2.73. The van der Waals surface area contributed by atoms with Crippen molar-refractivity contribution in [2.45, 2.75) is 76.8 Å². The van der Waals surface area contributed by atoms with Crippen LogP contribution in [0.5, 0.6) is 0 Å². The summed E-state index contributed by atoms with van der Waals surface area (Å²) in [4.78, 5) is 4.55. The van der Waals surface area contributed by atoms with Crippen LogP contribution < -0.4 is 5.46 Å². The summed E-state index contributed by atoms with van der Waals surface area (Å²) in [7, 11) is -0.437. The molecular formula is C34H37BN2O3. The van der Waals surface area contributed by atoms with Gasteiger partial charge in [-0.15, -0.1) is 0 Å². The Bertz CT molecular complexity index is 1490. The van der Waals surface area contributed by atoms with Crippen LogP contribution in [0, 0.1) is 28.6 Å². The average Bonchev–Trinajstić information content (AvgIpc) is 3.34. The Labute approximate surface area is 238 Å². The Morgan fingerprint density at radius 2 is 1.73 bits per heavy atom. The quantitative estimate of drug-likeness (QED) is 0.449. The van der Waals surface area contributed by atoms with Crippen LogP contribution in [0.15, 0.2) is 71.3 Å². The second-order valence-corrected chi connectivity index (χ2v) is 13.4. The summed E-state index contributed by atoms with van der Waals surface area (Å²) >= 11 is 0. The fraction of sp³-hybridized carbons (Fsp3) is 0.471. The highest BCUT2D eigenvalue weighted by atomic mass is 16.7. The first-order valence-corrected chi connectivity index (χ1v) is 14.6. The maximum Gasteiger partial charge on any atom is 0.494 e. The van der Waals surface area contributed by atoms with E-state index in [1.165, 1.54) is 5.57 Å². The Morgan fingerprint density at radius 1 is 0.975 bits per heavy atom. The zero-order valence-electron chi connectivity index (χ0n) is 24.1. The van der Waals surface area contributed by atoms with Gasteiger partial charge >= 0.3 is 7.12 Å². The largest absolute Gasteiger partial charge is 0.494 e. The van der Waals surface area contributed by atoms with Crippen molar-refractivity contribution >= 4 is 29.9 Å². The molecule has 3 aliphatic carbocycles. The fourth-order valence-electron chi connectivity index (χ4n) is 7.49. The minimum Gasteiger partial charge on any atom is -0.399 e. The van der Waals surface area contributed by atoms with Crippen molar-refractivity contribution < 1.29 is 14.0 Å². The molecule has 3 aliphatic heterocycles. The highest BCUT2D eigenvalue weighted by molar-refractivity contribution is 6.62. The number of fused-ring (bicyclic) bond motifs is 3. The molecule has 1 spiro atoms. The van der Waals surface area contributed by atoms with Crippen molar-refractivity contribution in [2.24, 2.45) is 22.2 Å². The normalized spacial score (nSPS) is 38.5. The number of dihydropyridines is 1. The Kier molecular flexibility index (Phi) is 5.69. The van der Waals surface area contributed by atoms with E-state index in [9.17, 15) is 5.26 Å². The lowest BCUT2D eigenvalue weighted by Gasteiger charge is -2.32. The molecular weight excluding hydrogens is 495 g/mol. The lowest BCUT2D eigenvalue weighted by Crippen LogP contribution is -2.41. The van der Waals surface area contributed by atoms with Crippen molar-refractivity contribution in [3.05, 3.63) is 77.4 Å². The van der Waals surface area contributed by atoms with Gasteiger partial charge in [0.15, 0.2) is 0 Å². The molecule has 0 bridgehead atoms. The third-order valence-electron chi connectivity index (χ3n) is 10.5. The molecule has 1 saturated carbocycles. The molecule has 0 N–H and O–H groups in total. The molecule has 7 rings (SSSR count). The van der Waals surface area contributed by atoms with Crippen molar-refractivity contribution in [1.82, 2.24) is 0 Å². The number of rotatable bonds is 3. The van der Waals surface area contributed by atoms with Gasteiger partial charge in [-0.05, 0) is 98.8 Å². The SMILES string of the molecule is CC1(C)OB(c2cc(C3=CCCN=C3)cc(C3=C/C[C@]45OC6C=C(C#N)C=C[C@@]6(C)C4C5C/C=C\3)c2)OC1(C)C. The predicted octanol–water partition coefficient (Wildman–Crippen LogP) is 5.99. The summed E-state index contributed by atoms with van der Waals surface area (Å²) in [5, 5.41) is 9.45. The van der Waals surface area contributed by atoms with Crippen LogP contribution in [0.4, 0.5) is 0 Å². The molecule has 5 nitrogen and oxygen atoms in total. The second-order valence-electron chi connectivity index (χ2n) is 13.4. The van der Waals surface area contributed by atoms with Crippen LogP contribution in [0.1, 0.15) is 65.0 Å². The summed E-state index contributed by atoms with van der Waals surface area (Å²) < 4.78 is 19.8. The van der Waals surface area contributed by atoms with E-state index in [0.29, 0.717) is 17.4 Å². The van der Waals surface area contributed by atoms with E-state index >= 15 is 0 Å². The summed E-state index contributed by atoms with van der Waals surface area (Å²) in [5.74, 6) is 0.952. The molecule has 1 aromatic rings. The predicted molar refractivity (Wildman–Crippen MR) is 160 cm³/mol. The Balaban J connectivity index is 1.25. The summed E-state index contributed by atoms with van der Waals surface area (Å²) in [6.07, 6.45) is 20.2. The van der Waals surface area contributed by atoms with Crippen molar-refractivity contribution in [2.75, 3.05) is 6.54 Å². The number of aliphatic imine (C=N–C) groups is 1. The Hall–Kier alpha value is -2.98. The van der Waals surface area contributed by atoms with Gasteiger partial charge in [0.2, 0.25) is 0 Å². The second kappa shape index (κ2) is 8.76. The summed E-state index contributed by atoms with van der Waals surface area (Å²) in [6.45, 7) is 11.5. The molecule has 5 atom stereocenters. The maximum absolute atomic E-state index is 9.45. The summed E-state index contributed by atoms with van der Waals surface area (Å²) in [5.41, 5.74) is 5.30. The molecule has 3 heterocycles. The molecule has 3 unspecified atom stereocenters. The molecule has 0 amide bonds. The fourth-order valence-corrected chi connectivity index (χ4v) is 7.49. The van der Waals surface area contributed by atoms with Gasteiger partial charge in [-0.25, -0.2) is 0 Å². The Morgan fingerprint density at radius 3 is 2.42 bits per heavy atom. The van der Waals surface area contributed by atoms with E-state index in [4.69, 9.17) is 14.0 Å². The van der Waals surface area contributed by atoms with Crippen molar-refractivity contribution in [3.8, 4) is 6.07 Å². The van der Waals surface area contributed by atoms with Crippen LogP contribution >= 0.6 is 0 Å². The molecule has 6 heteroatoms. The standard InChI is InChI=1S/C34H37BN2O3/c1-31(2)32(3,4)40-35(39-31)27-18-25(17-26(19-27)24-9-7-15-37-21-24)23-8-6-10-28-30-33(5)13-11-22(20-36)16-29(33)38-34(28,30)14-12-23/h6,8-9,11-13,16-19,21,28-30H,7,10,14-15H2,1-5H3/b8-6-,23-12+/t28?,29?,30?,33-,34-/m1/s1. The maximum atomic E-state index is 9.45. The average molecular weight is 532 g/mol. The smallest absolute Gasteiger partial charge is 0.399 e. The first kappa shape index (κ1) is 26.0. The molecule has 2 saturated heterocycles. The molecule has 204 valence electrons. The number of allylic oxidation sites excluding steroid dienone is 6. The summed E-state index contributed by atoms with van der Waals surface area (Å²) in [6, 6.07) is 8.99. The van der Waals surface area contributed by atoms with Crippen LogP contribution in [0.2, 0.25) is 0 Å². The highest BCUT2D eigenvalue weighted by Gasteiger charge is 2.77. The van der Waals surface area contributed by atoms with Crippen LogP contribution in [-0.4, -0.2) is 42.8 Å². The zero-order valence-corrected chi connectivity index (χ0v) is 24.1. The molecule has 0 radical (unpaired) electrons. The number of hydrogen-bond donors (Lipinski definition) is 0. The van der Waals surface area contributed by atoms with Gasteiger partial charge in [-0.2, -0.15) is 5.26 Å². The lowest BCUT2D eigenvalue weighted by atomic mass is 9.75. The van der Waals surface area contributed by atoms with E-state index < -0.39 is 18.3 Å². The molecule has 3 fully saturated rings. The number of ether oxygens (including phenoxy) is 1. The number of benzene rings is 1. The van der Waals surface area contributed by atoms with E-state index in [2.05, 4.69) is 94.3 Å². The molecule has 0 aromatic heterocycles. The van der Waals surface area contributed by atoms with E-state index in [0.717, 1.165) is 48.0 Å². The monoisotopic (exact) mass is 532 g/mol. The van der Waals surface area contributed by atoms with Gasteiger partial charge in [0.1, 0.15) is 0 Å². The van der Waals surface area contributed by atoms with E-state index in [1.807, 2.05) is 18.4 Å². The zero-order chi connectivity index (χ0) is 27.9. The molecule has 40 heavy (non-hydrogen) atoms. The number of nitrogens with zero attached hydrogens (tertiary/aromatic N) is 2. The first-order valence-electron chi connectivity index (χ1n) is 14.6. The van der Waals surface area contributed by atoms with E-state index in [-0.39, 0.29) is 17.1 Å². The number of hydrogen-bond acceptors (Lipinski definition) is 5. The minimum absolute atomic E-state index is 0.0375.